The number of aliphatic carboxylic acids is 1. The molecule has 0 saturated heterocycles. The average molecular weight is 427 g/mol. The second kappa shape index (κ2) is 11.4. The summed E-state index contributed by atoms with van der Waals surface area (Å²) in [6.45, 7) is 0.863. The van der Waals surface area contributed by atoms with Gasteiger partial charge in [0.1, 0.15) is 12.4 Å². The van der Waals surface area contributed by atoms with Crippen molar-refractivity contribution in [2.45, 2.75) is 25.7 Å². The van der Waals surface area contributed by atoms with Gasteiger partial charge in [-0.2, -0.15) is 0 Å². The zero-order valence-corrected chi connectivity index (χ0v) is 17.8. The Labute approximate surface area is 183 Å². The minimum atomic E-state index is -0.934. The number of para-hydroxylation sites is 1. The Hall–Kier alpha value is -3.06. The molecular weight excluding hydrogens is 396 g/mol. The van der Waals surface area contributed by atoms with Crippen molar-refractivity contribution in [3.63, 3.8) is 0 Å². The number of ether oxygens (including phenoxy) is 2. The molecule has 0 atom stereocenters. The predicted octanol–water partition coefficient (Wildman–Crippen LogP) is 4.45. The van der Waals surface area contributed by atoms with Crippen molar-refractivity contribution < 1.29 is 24.2 Å². The lowest BCUT2D eigenvalue weighted by molar-refractivity contribution is -0.142. The maximum absolute atomic E-state index is 13.1. The Kier molecular flexibility index (Phi) is 8.29. The first-order valence-electron chi connectivity index (χ1n) is 10.6. The summed E-state index contributed by atoms with van der Waals surface area (Å²) in [5, 5.41) is 11.8. The van der Waals surface area contributed by atoms with Crippen LogP contribution in [-0.4, -0.2) is 44.0 Å². The second-order valence-electron chi connectivity index (χ2n) is 7.85. The molecule has 1 aliphatic rings. The molecule has 7 nitrogen and oxygen atoms in total. The van der Waals surface area contributed by atoms with E-state index in [-0.39, 0.29) is 12.6 Å². The van der Waals surface area contributed by atoms with Crippen molar-refractivity contribution in [2.75, 3.05) is 31.8 Å². The Morgan fingerprint density at radius 1 is 0.968 bits per heavy atom. The van der Waals surface area contributed by atoms with Crippen molar-refractivity contribution in [2.24, 2.45) is 11.8 Å². The number of benzene rings is 2. The van der Waals surface area contributed by atoms with Gasteiger partial charge in [0, 0.05) is 6.54 Å². The molecule has 2 amide bonds. The van der Waals surface area contributed by atoms with Crippen LogP contribution in [-0.2, 0) is 9.53 Å². The fourth-order valence-corrected chi connectivity index (χ4v) is 3.92. The lowest BCUT2D eigenvalue weighted by Gasteiger charge is -2.29. The van der Waals surface area contributed by atoms with Crippen molar-refractivity contribution in [3.05, 3.63) is 54.6 Å². The van der Waals surface area contributed by atoms with Gasteiger partial charge in [0.15, 0.2) is 0 Å². The highest BCUT2D eigenvalue weighted by molar-refractivity contribution is 5.99. The fraction of sp³-hybridized carbons (Fsp3) is 0.417. The molecule has 0 aliphatic heterocycles. The lowest BCUT2D eigenvalue weighted by Crippen LogP contribution is -2.40. The van der Waals surface area contributed by atoms with Crippen LogP contribution in [0.3, 0.4) is 0 Å². The highest BCUT2D eigenvalue weighted by Gasteiger charge is 2.24. The number of carbonyl (C=O) groups excluding carboxylic acids is 1. The molecule has 7 heteroatoms. The number of rotatable bonds is 9. The van der Waals surface area contributed by atoms with E-state index in [1.807, 2.05) is 54.6 Å². The number of hydrogen-bond acceptors (Lipinski definition) is 4. The number of nitrogens with one attached hydrogen (secondary N) is 1. The van der Waals surface area contributed by atoms with Gasteiger partial charge in [-0.25, -0.2) is 9.59 Å². The number of anilines is 2. The van der Waals surface area contributed by atoms with E-state index in [0.29, 0.717) is 25.0 Å². The summed E-state index contributed by atoms with van der Waals surface area (Å²) in [5.74, 6) is 0.608. The Bertz CT molecular complexity index is 833. The average Bonchev–Trinajstić information content (AvgIpc) is 2.80. The SMILES string of the molecule is COc1ccc(N(C(=O)NCC2CCC(COCC(=O)O)CC2)c2ccccc2)cc1. The maximum atomic E-state index is 13.1. The van der Waals surface area contributed by atoms with Gasteiger partial charge in [0.05, 0.1) is 25.1 Å². The normalized spacial score (nSPS) is 18.2. The van der Waals surface area contributed by atoms with E-state index in [1.165, 1.54) is 0 Å². The molecule has 0 unspecified atom stereocenters. The van der Waals surface area contributed by atoms with Crippen molar-refractivity contribution >= 4 is 23.4 Å². The van der Waals surface area contributed by atoms with Crippen LogP contribution < -0.4 is 15.0 Å². The Balaban J connectivity index is 1.56. The predicted molar refractivity (Wildman–Crippen MR) is 119 cm³/mol. The van der Waals surface area contributed by atoms with Gasteiger partial charge in [-0.1, -0.05) is 18.2 Å². The third-order valence-corrected chi connectivity index (χ3v) is 5.64. The lowest BCUT2D eigenvalue weighted by atomic mass is 9.82. The van der Waals surface area contributed by atoms with Gasteiger partial charge < -0.3 is 19.9 Å². The van der Waals surface area contributed by atoms with Crippen LogP contribution in [0.5, 0.6) is 5.75 Å². The minimum absolute atomic E-state index is 0.164. The topological polar surface area (TPSA) is 88.1 Å². The smallest absolute Gasteiger partial charge is 0.329 e. The van der Waals surface area contributed by atoms with Gasteiger partial charge >= 0.3 is 12.0 Å². The number of amides is 2. The van der Waals surface area contributed by atoms with E-state index in [4.69, 9.17) is 14.6 Å². The van der Waals surface area contributed by atoms with Gasteiger partial charge in [-0.15, -0.1) is 0 Å². The van der Waals surface area contributed by atoms with E-state index < -0.39 is 5.97 Å². The van der Waals surface area contributed by atoms with Crippen LogP contribution in [0.2, 0.25) is 0 Å². The maximum Gasteiger partial charge on any atom is 0.329 e. The zero-order chi connectivity index (χ0) is 22.1. The summed E-state index contributed by atoms with van der Waals surface area (Å²) in [7, 11) is 1.61. The number of carbonyl (C=O) groups is 2. The molecule has 0 bridgehead atoms. The number of urea groups is 1. The van der Waals surface area contributed by atoms with Crippen LogP contribution in [0.1, 0.15) is 25.7 Å². The van der Waals surface area contributed by atoms with E-state index in [0.717, 1.165) is 42.8 Å². The monoisotopic (exact) mass is 426 g/mol. The molecule has 2 aromatic carbocycles. The Morgan fingerprint density at radius 2 is 1.58 bits per heavy atom. The van der Waals surface area contributed by atoms with Crippen LogP contribution in [0, 0.1) is 11.8 Å². The molecule has 0 aromatic heterocycles. The summed E-state index contributed by atoms with van der Waals surface area (Å²) < 4.78 is 10.5. The zero-order valence-electron chi connectivity index (χ0n) is 17.8. The number of carboxylic acids is 1. The molecular formula is C24H30N2O5. The molecule has 0 heterocycles. The van der Waals surface area contributed by atoms with Crippen LogP contribution in [0.15, 0.2) is 54.6 Å². The first-order chi connectivity index (χ1) is 15.1. The molecule has 1 aliphatic carbocycles. The van der Waals surface area contributed by atoms with Crippen molar-refractivity contribution in [1.29, 1.82) is 0 Å². The van der Waals surface area contributed by atoms with E-state index >= 15 is 0 Å². The summed E-state index contributed by atoms with van der Waals surface area (Å²) in [6.07, 6.45) is 3.96. The van der Waals surface area contributed by atoms with Gasteiger partial charge in [0.25, 0.3) is 0 Å². The van der Waals surface area contributed by atoms with E-state index in [9.17, 15) is 9.59 Å². The molecule has 31 heavy (non-hydrogen) atoms. The largest absolute Gasteiger partial charge is 0.497 e. The first-order valence-corrected chi connectivity index (χ1v) is 10.6. The summed E-state index contributed by atoms with van der Waals surface area (Å²) in [5.41, 5.74) is 1.56. The quantitative estimate of drug-likeness (QED) is 0.618. The van der Waals surface area contributed by atoms with Crippen LogP contribution >= 0.6 is 0 Å². The van der Waals surface area contributed by atoms with Crippen LogP contribution in [0.4, 0.5) is 16.2 Å². The van der Waals surface area contributed by atoms with Crippen LogP contribution in [0.25, 0.3) is 0 Å². The van der Waals surface area contributed by atoms with Crippen molar-refractivity contribution in [3.8, 4) is 5.75 Å². The van der Waals surface area contributed by atoms with Crippen molar-refractivity contribution in [1.82, 2.24) is 5.32 Å². The summed E-state index contributed by atoms with van der Waals surface area (Å²) >= 11 is 0. The number of nitrogens with zero attached hydrogens (tertiary/aromatic N) is 1. The molecule has 0 radical (unpaired) electrons. The number of methoxy groups -OCH3 is 1. The molecule has 166 valence electrons. The molecule has 2 aromatic rings. The highest BCUT2D eigenvalue weighted by Crippen LogP contribution is 2.30. The van der Waals surface area contributed by atoms with Gasteiger partial charge in [0.2, 0.25) is 0 Å². The van der Waals surface area contributed by atoms with Gasteiger partial charge in [-0.3, -0.25) is 4.90 Å². The fourth-order valence-electron chi connectivity index (χ4n) is 3.92. The highest BCUT2D eigenvalue weighted by atomic mass is 16.5. The third kappa shape index (κ3) is 6.72. The van der Waals surface area contributed by atoms with E-state index in [2.05, 4.69) is 5.32 Å². The Morgan fingerprint density at radius 3 is 2.19 bits per heavy atom. The molecule has 0 spiro atoms. The third-order valence-electron chi connectivity index (χ3n) is 5.64. The molecule has 1 fully saturated rings. The number of hydrogen-bond donors (Lipinski definition) is 2. The molecule has 1 saturated carbocycles. The van der Waals surface area contributed by atoms with E-state index in [1.54, 1.807) is 12.0 Å². The standard InChI is InChI=1S/C24H30N2O5/c1-30-22-13-11-21(12-14-22)26(20-5-3-2-4-6-20)24(29)25-15-18-7-9-19(10-8-18)16-31-17-23(27)28/h2-6,11-14,18-19H,7-10,15-17H2,1H3,(H,25,29)(H,27,28). The second-order valence-corrected chi connectivity index (χ2v) is 7.85. The number of carboxylic acid groups (broad SMARTS) is 1. The summed E-state index contributed by atoms with van der Waals surface area (Å²) in [6, 6.07) is 16.8. The minimum Gasteiger partial charge on any atom is -0.497 e. The molecule has 2 N–H and O–H groups in total. The first kappa shape index (κ1) is 22.6. The van der Waals surface area contributed by atoms with Gasteiger partial charge in [-0.05, 0) is 73.9 Å². The molecule has 3 rings (SSSR count). The summed E-state index contributed by atoms with van der Waals surface area (Å²) in [4.78, 5) is 25.3.